The van der Waals surface area contributed by atoms with Crippen molar-refractivity contribution in [3.05, 3.63) is 59.7 Å². The average Bonchev–Trinajstić information content (AvgIpc) is 2.73. The third kappa shape index (κ3) is 6.01. The fourth-order valence-electron chi connectivity index (χ4n) is 4.47. The van der Waals surface area contributed by atoms with Crippen LogP contribution in [0.5, 0.6) is 0 Å². The Morgan fingerprint density at radius 1 is 0.964 bits per heavy atom. The number of hydrogen-bond donors (Lipinski definition) is 0. The van der Waals surface area contributed by atoms with Gasteiger partial charge in [0.15, 0.2) is 11.6 Å². The lowest BCUT2D eigenvalue weighted by molar-refractivity contribution is -0.00457. The highest BCUT2D eigenvalue weighted by Gasteiger charge is 2.25. The van der Waals surface area contributed by atoms with Gasteiger partial charge in [0.25, 0.3) is 0 Å². The van der Waals surface area contributed by atoms with Crippen LogP contribution in [0, 0.1) is 34.8 Å². The molecule has 4 heteroatoms. The van der Waals surface area contributed by atoms with Gasteiger partial charge in [-0.05, 0) is 86.8 Å². The van der Waals surface area contributed by atoms with E-state index in [2.05, 4.69) is 6.08 Å². The summed E-state index contributed by atoms with van der Waals surface area (Å²) in [6.45, 7) is 0.820. The molecule has 2 aliphatic carbocycles. The van der Waals surface area contributed by atoms with Crippen LogP contribution in [0.25, 0.3) is 0 Å². The molecular weight excluding hydrogens is 356 g/mol. The second-order valence-corrected chi connectivity index (χ2v) is 8.13. The van der Waals surface area contributed by atoms with Gasteiger partial charge in [0.2, 0.25) is 0 Å². The summed E-state index contributed by atoms with van der Waals surface area (Å²) in [5, 5.41) is 8.48. The monoisotopic (exact) mass is 385 g/mol. The molecule has 0 radical (unpaired) electrons. The highest BCUT2D eigenvalue weighted by molar-refractivity contribution is 5.22. The second kappa shape index (κ2) is 10.5. The summed E-state index contributed by atoms with van der Waals surface area (Å²) in [6.07, 6.45) is 16.5. The largest absolute Gasteiger partial charge is 0.378 e. The van der Waals surface area contributed by atoms with Crippen LogP contribution in [-0.4, -0.2) is 12.7 Å². The van der Waals surface area contributed by atoms with Gasteiger partial charge in [-0.25, -0.2) is 8.78 Å². The Bertz CT molecular complexity index is 721. The van der Waals surface area contributed by atoms with Crippen LogP contribution in [0.15, 0.2) is 42.5 Å². The highest BCUT2D eigenvalue weighted by atomic mass is 19.2. The van der Waals surface area contributed by atoms with Crippen molar-refractivity contribution >= 4 is 0 Å². The molecule has 2 saturated carbocycles. The smallest absolute Gasteiger partial charge is 0.159 e. The van der Waals surface area contributed by atoms with Crippen molar-refractivity contribution in [1.29, 1.82) is 5.26 Å². The maximum Gasteiger partial charge on any atom is 0.159 e. The molecule has 2 aliphatic rings. The lowest BCUT2D eigenvalue weighted by Crippen LogP contribution is -2.25. The Morgan fingerprint density at radius 2 is 1.71 bits per heavy atom. The summed E-state index contributed by atoms with van der Waals surface area (Å²) >= 11 is 0. The van der Waals surface area contributed by atoms with Gasteiger partial charge in [0, 0.05) is 12.7 Å². The Labute approximate surface area is 166 Å². The van der Waals surface area contributed by atoms with E-state index in [1.807, 2.05) is 12.1 Å². The molecule has 3 rings (SSSR count). The normalized spacial score (nSPS) is 28.6. The van der Waals surface area contributed by atoms with Crippen LogP contribution < -0.4 is 0 Å². The van der Waals surface area contributed by atoms with Crippen LogP contribution in [0.2, 0.25) is 0 Å². The molecule has 0 aliphatic heterocycles. The fourth-order valence-corrected chi connectivity index (χ4v) is 4.47. The molecular formula is C24H29F2NO. The molecule has 0 saturated heterocycles. The van der Waals surface area contributed by atoms with Crippen molar-refractivity contribution in [2.45, 2.75) is 63.4 Å². The maximum absolute atomic E-state index is 13.5. The van der Waals surface area contributed by atoms with E-state index in [1.165, 1.54) is 18.2 Å². The second-order valence-electron chi connectivity index (χ2n) is 8.13. The summed E-state index contributed by atoms with van der Waals surface area (Å²) in [7, 11) is 0. The molecule has 2 fully saturated rings. The Hall–Kier alpha value is -1.99. The number of benzene rings is 1. The zero-order valence-electron chi connectivity index (χ0n) is 16.3. The molecule has 0 N–H and O–H groups in total. The van der Waals surface area contributed by atoms with Crippen molar-refractivity contribution in [2.24, 2.45) is 11.8 Å². The molecule has 0 unspecified atom stereocenters. The zero-order chi connectivity index (χ0) is 19.8. The van der Waals surface area contributed by atoms with Gasteiger partial charge in [0.1, 0.15) is 0 Å². The predicted molar refractivity (Wildman–Crippen MR) is 107 cm³/mol. The van der Waals surface area contributed by atoms with Crippen molar-refractivity contribution in [2.75, 3.05) is 6.61 Å². The van der Waals surface area contributed by atoms with Gasteiger partial charge >= 0.3 is 0 Å². The van der Waals surface area contributed by atoms with Crippen molar-refractivity contribution in [1.82, 2.24) is 0 Å². The molecule has 1 aromatic carbocycles. The first-order valence-corrected chi connectivity index (χ1v) is 10.4. The van der Waals surface area contributed by atoms with Crippen molar-refractivity contribution in [3.63, 3.8) is 0 Å². The van der Waals surface area contributed by atoms with E-state index in [-0.39, 0.29) is 0 Å². The van der Waals surface area contributed by atoms with E-state index in [0.717, 1.165) is 63.5 Å². The third-order valence-electron chi connectivity index (χ3n) is 6.21. The Kier molecular flexibility index (Phi) is 7.80. The quantitative estimate of drug-likeness (QED) is 0.416. The van der Waals surface area contributed by atoms with Gasteiger partial charge in [-0.15, -0.1) is 0 Å². The van der Waals surface area contributed by atoms with Gasteiger partial charge < -0.3 is 4.74 Å². The minimum absolute atomic E-state index is 0.337. The summed E-state index contributed by atoms with van der Waals surface area (Å²) in [4.78, 5) is 0. The van der Waals surface area contributed by atoms with Crippen LogP contribution >= 0.6 is 0 Å². The van der Waals surface area contributed by atoms with Crippen molar-refractivity contribution in [3.8, 4) is 6.07 Å². The van der Waals surface area contributed by atoms with Crippen LogP contribution in [-0.2, 0) is 4.74 Å². The maximum atomic E-state index is 13.5. The molecule has 1 aromatic rings. The average molecular weight is 385 g/mol. The number of halogens is 2. The van der Waals surface area contributed by atoms with Gasteiger partial charge in [-0.3, -0.25) is 0 Å². The predicted octanol–water partition coefficient (Wildman–Crippen LogP) is 6.45. The summed E-state index contributed by atoms with van der Waals surface area (Å²) in [5.41, 5.74) is 0.925. The Morgan fingerprint density at radius 3 is 2.39 bits per heavy atom. The molecule has 2 nitrogen and oxygen atoms in total. The fraction of sp³-hybridized carbons (Fsp3) is 0.542. The molecule has 0 heterocycles. The zero-order valence-corrected chi connectivity index (χ0v) is 16.3. The first kappa shape index (κ1) is 20.7. The van der Waals surface area contributed by atoms with Gasteiger partial charge in [0.05, 0.1) is 12.2 Å². The van der Waals surface area contributed by atoms with Crippen LogP contribution in [0.1, 0.15) is 62.8 Å². The molecule has 28 heavy (non-hydrogen) atoms. The van der Waals surface area contributed by atoms with Gasteiger partial charge in [-0.2, -0.15) is 5.26 Å². The lowest BCUT2D eigenvalue weighted by Gasteiger charge is -2.32. The molecule has 0 atom stereocenters. The summed E-state index contributed by atoms with van der Waals surface area (Å²) in [5.74, 6) is -0.00199. The molecule has 150 valence electrons. The van der Waals surface area contributed by atoms with E-state index in [9.17, 15) is 8.78 Å². The number of ether oxygens (including phenoxy) is 1. The van der Waals surface area contributed by atoms with Crippen LogP contribution in [0.4, 0.5) is 8.78 Å². The minimum Gasteiger partial charge on any atom is -0.378 e. The molecule has 0 aromatic heterocycles. The highest BCUT2D eigenvalue weighted by Crippen LogP contribution is 2.37. The van der Waals surface area contributed by atoms with Gasteiger partial charge in [-0.1, -0.05) is 24.3 Å². The van der Waals surface area contributed by atoms with E-state index in [4.69, 9.17) is 10.00 Å². The first-order chi connectivity index (χ1) is 13.7. The number of allylic oxidation sites excluding steroid dienone is 4. The van der Waals surface area contributed by atoms with E-state index in [1.54, 1.807) is 12.1 Å². The number of hydrogen-bond acceptors (Lipinski definition) is 2. The minimum atomic E-state index is -0.769. The summed E-state index contributed by atoms with van der Waals surface area (Å²) < 4.78 is 32.8. The Balaban J connectivity index is 1.35. The standard InChI is InChI=1S/C24H29F2NO/c25-23-14-11-21(16-24(23)26)20-9-5-19(6-10-20)17-28-22-12-7-18(8-13-22)4-2-1-3-15-27/h1-4,11,14,16,18-20,22H,5-10,12-13,17H2/b3-1+,4-2+/t18-,19-,20-,22-. The lowest BCUT2D eigenvalue weighted by atomic mass is 9.79. The van der Waals surface area contributed by atoms with E-state index in [0.29, 0.717) is 23.9 Å². The summed E-state index contributed by atoms with van der Waals surface area (Å²) in [6, 6.07) is 6.32. The third-order valence-corrected chi connectivity index (χ3v) is 6.21. The number of nitrogens with zero attached hydrogens (tertiary/aromatic N) is 1. The van der Waals surface area contributed by atoms with E-state index >= 15 is 0 Å². The number of nitriles is 1. The SMILES string of the molecule is N#C/C=C/C=C/[C@H]1CC[C@H](OC[C@H]2CC[C@H](c3ccc(F)c(F)c3)CC2)CC1. The van der Waals surface area contributed by atoms with E-state index < -0.39 is 11.6 Å². The first-order valence-electron chi connectivity index (χ1n) is 10.4. The molecule has 0 spiro atoms. The topological polar surface area (TPSA) is 33.0 Å². The molecule has 0 bridgehead atoms. The van der Waals surface area contributed by atoms with Crippen molar-refractivity contribution < 1.29 is 13.5 Å². The molecule has 0 amide bonds. The number of rotatable bonds is 6. The van der Waals surface area contributed by atoms with Crippen LogP contribution in [0.3, 0.4) is 0 Å².